The van der Waals surface area contributed by atoms with Crippen molar-refractivity contribution in [1.82, 2.24) is 0 Å². The van der Waals surface area contributed by atoms with Gasteiger partial charge in [-0.2, -0.15) is 0 Å². The lowest BCUT2D eigenvalue weighted by Gasteiger charge is -2.15. The molecule has 0 radical (unpaired) electrons. The van der Waals surface area contributed by atoms with Crippen molar-refractivity contribution in [3.8, 4) is 0 Å². The minimum Gasteiger partial charge on any atom is -0.400 e. The summed E-state index contributed by atoms with van der Waals surface area (Å²) >= 11 is 0. The van der Waals surface area contributed by atoms with Crippen LogP contribution in [0.5, 0.6) is 0 Å². The molecule has 1 aromatic carbocycles. The molecule has 0 fully saturated rings. The van der Waals surface area contributed by atoms with Crippen LogP contribution in [0.25, 0.3) is 0 Å². The summed E-state index contributed by atoms with van der Waals surface area (Å²) in [5, 5.41) is 1.47. The standard InChI is InChI=1S/C10H16N4.C2H6/c1-8-3-2-4-10(5-8)14(13)7-9(12)6-11;1-2/h2-5,7H,6,11-13H2,1H3;1-2H3/b9-7-;. The first-order valence-corrected chi connectivity index (χ1v) is 5.40. The van der Waals surface area contributed by atoms with E-state index >= 15 is 0 Å². The van der Waals surface area contributed by atoms with Gasteiger partial charge in [0, 0.05) is 18.4 Å². The van der Waals surface area contributed by atoms with E-state index in [-0.39, 0.29) is 0 Å². The van der Waals surface area contributed by atoms with Crippen LogP contribution in [0.4, 0.5) is 5.69 Å². The van der Waals surface area contributed by atoms with Gasteiger partial charge in [-0.05, 0) is 24.6 Å². The fourth-order valence-corrected chi connectivity index (χ4v) is 1.09. The van der Waals surface area contributed by atoms with E-state index in [1.807, 2.05) is 45.0 Å². The molecule has 1 rings (SSSR count). The molecule has 0 unspecified atom stereocenters. The highest BCUT2D eigenvalue weighted by molar-refractivity contribution is 5.49. The second-order valence-electron chi connectivity index (χ2n) is 3.15. The van der Waals surface area contributed by atoms with Gasteiger partial charge in [0.1, 0.15) is 0 Å². The second-order valence-corrected chi connectivity index (χ2v) is 3.15. The van der Waals surface area contributed by atoms with E-state index in [1.54, 1.807) is 6.20 Å². The van der Waals surface area contributed by atoms with Crippen molar-refractivity contribution >= 4 is 5.69 Å². The quantitative estimate of drug-likeness (QED) is 0.534. The summed E-state index contributed by atoms with van der Waals surface area (Å²) in [6, 6.07) is 7.83. The average Bonchev–Trinajstić information content (AvgIpc) is 2.31. The zero-order chi connectivity index (χ0) is 12.6. The van der Waals surface area contributed by atoms with E-state index < -0.39 is 0 Å². The second kappa shape index (κ2) is 7.73. The lowest BCUT2D eigenvalue weighted by molar-refractivity contribution is 1.01. The molecule has 0 aliphatic heterocycles. The SMILES string of the molecule is CC.Cc1cccc(N(N)/C=C(\N)CN)c1. The lowest BCUT2D eigenvalue weighted by Crippen LogP contribution is -2.27. The predicted molar refractivity (Wildman–Crippen MR) is 70.5 cm³/mol. The molecule has 0 amide bonds. The Bertz CT molecular complexity index is 334. The van der Waals surface area contributed by atoms with Crippen molar-refractivity contribution < 1.29 is 0 Å². The first kappa shape index (κ1) is 14.5. The minimum atomic E-state index is 0.305. The molecule has 4 nitrogen and oxygen atoms in total. The Balaban J connectivity index is 0.00000106. The Morgan fingerprint density at radius 3 is 2.50 bits per heavy atom. The van der Waals surface area contributed by atoms with Crippen molar-refractivity contribution in [3.05, 3.63) is 41.7 Å². The summed E-state index contributed by atoms with van der Waals surface area (Å²) in [6.07, 6.45) is 1.62. The maximum atomic E-state index is 5.76. The summed E-state index contributed by atoms with van der Waals surface area (Å²) in [6.45, 7) is 6.31. The highest BCUT2D eigenvalue weighted by atomic mass is 15.4. The van der Waals surface area contributed by atoms with Gasteiger partial charge in [0.25, 0.3) is 0 Å². The van der Waals surface area contributed by atoms with Crippen molar-refractivity contribution in [2.75, 3.05) is 11.6 Å². The third-order valence-electron chi connectivity index (χ3n) is 1.84. The Hall–Kier alpha value is -1.52. The number of aryl methyl sites for hydroxylation is 1. The van der Waals surface area contributed by atoms with Crippen LogP contribution in [-0.4, -0.2) is 6.54 Å². The van der Waals surface area contributed by atoms with Crippen LogP contribution in [0, 0.1) is 6.92 Å². The topological polar surface area (TPSA) is 81.3 Å². The monoisotopic (exact) mass is 222 g/mol. The van der Waals surface area contributed by atoms with Gasteiger partial charge in [-0.3, -0.25) is 5.01 Å². The number of anilines is 1. The highest BCUT2D eigenvalue weighted by Gasteiger charge is 1.98. The van der Waals surface area contributed by atoms with Gasteiger partial charge >= 0.3 is 0 Å². The van der Waals surface area contributed by atoms with Gasteiger partial charge in [0.05, 0.1) is 5.69 Å². The average molecular weight is 222 g/mol. The largest absolute Gasteiger partial charge is 0.400 e. The first-order chi connectivity index (χ1) is 7.63. The summed E-state index contributed by atoms with van der Waals surface area (Å²) in [4.78, 5) is 0. The zero-order valence-corrected chi connectivity index (χ0v) is 10.3. The molecule has 1 aromatic rings. The first-order valence-electron chi connectivity index (χ1n) is 5.40. The van der Waals surface area contributed by atoms with Crippen molar-refractivity contribution in [1.29, 1.82) is 0 Å². The number of benzene rings is 1. The minimum absolute atomic E-state index is 0.305. The van der Waals surface area contributed by atoms with Crippen LogP contribution in [0.1, 0.15) is 19.4 Å². The fourth-order valence-electron chi connectivity index (χ4n) is 1.09. The number of hydrazine groups is 1. The molecule has 4 heteroatoms. The molecular weight excluding hydrogens is 200 g/mol. The fraction of sp³-hybridized carbons (Fsp3) is 0.333. The Morgan fingerprint density at radius 1 is 1.38 bits per heavy atom. The zero-order valence-electron chi connectivity index (χ0n) is 10.3. The van der Waals surface area contributed by atoms with Crippen LogP contribution in [-0.2, 0) is 0 Å². The third-order valence-corrected chi connectivity index (χ3v) is 1.84. The third kappa shape index (κ3) is 4.82. The highest BCUT2D eigenvalue weighted by Crippen LogP contribution is 2.13. The van der Waals surface area contributed by atoms with Gasteiger partial charge in [-0.25, -0.2) is 5.84 Å². The van der Waals surface area contributed by atoms with Crippen LogP contribution in [0.15, 0.2) is 36.2 Å². The van der Waals surface area contributed by atoms with E-state index in [0.29, 0.717) is 12.2 Å². The Kier molecular flexibility index (Phi) is 7.00. The van der Waals surface area contributed by atoms with Gasteiger partial charge in [-0.15, -0.1) is 0 Å². The van der Waals surface area contributed by atoms with Crippen LogP contribution < -0.4 is 22.3 Å². The smallest absolute Gasteiger partial charge is 0.0571 e. The van der Waals surface area contributed by atoms with Crippen LogP contribution in [0.2, 0.25) is 0 Å². The van der Waals surface area contributed by atoms with Gasteiger partial charge in [-0.1, -0.05) is 26.0 Å². The molecule has 16 heavy (non-hydrogen) atoms. The summed E-state index contributed by atoms with van der Waals surface area (Å²) in [5.74, 6) is 5.76. The molecule has 0 atom stereocenters. The molecule has 0 aliphatic carbocycles. The van der Waals surface area contributed by atoms with E-state index in [1.165, 1.54) is 5.01 Å². The molecule has 0 heterocycles. The molecule has 0 aromatic heterocycles. The Morgan fingerprint density at radius 2 is 2.00 bits per heavy atom. The van der Waals surface area contributed by atoms with Gasteiger partial charge in [0.2, 0.25) is 0 Å². The molecule has 6 N–H and O–H groups in total. The number of hydrogen-bond donors (Lipinski definition) is 3. The molecule has 0 bridgehead atoms. The van der Waals surface area contributed by atoms with E-state index in [4.69, 9.17) is 17.3 Å². The normalized spacial score (nSPS) is 10.4. The molecule has 90 valence electrons. The summed E-state index contributed by atoms with van der Waals surface area (Å²) in [5.41, 5.74) is 13.5. The number of nitrogens with two attached hydrogens (primary N) is 3. The van der Waals surface area contributed by atoms with E-state index in [9.17, 15) is 0 Å². The molecule has 0 saturated heterocycles. The Labute approximate surface area is 97.7 Å². The molecule has 0 spiro atoms. The van der Waals surface area contributed by atoms with E-state index in [0.717, 1.165) is 11.3 Å². The number of rotatable bonds is 3. The van der Waals surface area contributed by atoms with Crippen LogP contribution in [0.3, 0.4) is 0 Å². The van der Waals surface area contributed by atoms with E-state index in [2.05, 4.69) is 0 Å². The lowest BCUT2D eigenvalue weighted by atomic mass is 10.2. The van der Waals surface area contributed by atoms with Crippen LogP contribution >= 0.6 is 0 Å². The molecule has 0 saturated carbocycles. The predicted octanol–water partition coefficient (Wildman–Crippen LogP) is 1.46. The summed E-state index contributed by atoms with van der Waals surface area (Å²) in [7, 11) is 0. The maximum absolute atomic E-state index is 5.76. The van der Waals surface area contributed by atoms with Gasteiger partial charge in [0.15, 0.2) is 0 Å². The summed E-state index contributed by atoms with van der Waals surface area (Å²) < 4.78 is 0. The van der Waals surface area contributed by atoms with Crippen molar-refractivity contribution in [2.24, 2.45) is 17.3 Å². The molecule has 0 aliphatic rings. The van der Waals surface area contributed by atoms with Crippen molar-refractivity contribution in [3.63, 3.8) is 0 Å². The maximum Gasteiger partial charge on any atom is 0.0571 e. The number of nitrogens with zero attached hydrogens (tertiary/aromatic N) is 1. The molecular formula is C12H22N4. The number of hydrogen-bond acceptors (Lipinski definition) is 4. The van der Waals surface area contributed by atoms with Crippen molar-refractivity contribution in [2.45, 2.75) is 20.8 Å². The van der Waals surface area contributed by atoms with Gasteiger partial charge < -0.3 is 11.5 Å².